The van der Waals surface area contributed by atoms with Gasteiger partial charge < -0.3 is 15.0 Å². The summed E-state index contributed by atoms with van der Waals surface area (Å²) in [5.74, 6) is -0.826. The second kappa shape index (κ2) is 10.6. The molecule has 14 heteroatoms. The third kappa shape index (κ3) is 6.19. The van der Waals surface area contributed by atoms with E-state index in [4.69, 9.17) is 39.5 Å². The summed E-state index contributed by atoms with van der Waals surface area (Å²) in [6.07, 6.45) is 0.153. The predicted molar refractivity (Wildman–Crippen MR) is 139 cm³/mol. The molecule has 4 atom stereocenters. The van der Waals surface area contributed by atoms with Crippen molar-refractivity contribution in [3.63, 3.8) is 0 Å². The van der Waals surface area contributed by atoms with E-state index in [1.807, 2.05) is 44.2 Å². The molecule has 2 saturated heterocycles. The van der Waals surface area contributed by atoms with Crippen LogP contribution in [-0.4, -0.2) is 71.2 Å². The fraction of sp³-hybridized carbons (Fsp3) is 0.476. The Morgan fingerprint density at radius 2 is 1.97 bits per heavy atom. The zero-order valence-corrected chi connectivity index (χ0v) is 23.3. The number of aryl methyl sites for hydroxylation is 1. The normalized spacial score (nSPS) is 25.7. The number of benzene rings is 1. The van der Waals surface area contributed by atoms with E-state index in [0.717, 1.165) is 14.9 Å². The fourth-order valence-corrected chi connectivity index (χ4v) is 7.93. The van der Waals surface area contributed by atoms with Crippen LogP contribution in [0, 0.1) is 6.92 Å². The maximum atomic E-state index is 13.1. The number of esters is 1. The smallest absolute Gasteiger partial charge is 0.330 e. The molecule has 0 bridgehead atoms. The summed E-state index contributed by atoms with van der Waals surface area (Å²) < 4.78 is 3.51. The highest BCUT2D eigenvalue weighted by Gasteiger charge is 2.66. The van der Waals surface area contributed by atoms with Crippen molar-refractivity contribution >= 4 is 87.4 Å². The summed E-state index contributed by atoms with van der Waals surface area (Å²) in [7, 11) is 0. The van der Waals surface area contributed by atoms with Gasteiger partial charge in [-0.2, -0.15) is 0 Å². The molecular formula is C21H21Cl3N4O4S3. The molecule has 35 heavy (non-hydrogen) atoms. The lowest BCUT2D eigenvalue weighted by molar-refractivity contribution is -0.164. The lowest BCUT2D eigenvalue weighted by atomic mass is 9.95. The minimum Gasteiger partial charge on any atom is -0.460 e. The zero-order valence-electron chi connectivity index (χ0n) is 18.6. The maximum absolute atomic E-state index is 13.1. The first-order chi connectivity index (χ1) is 16.5. The Labute approximate surface area is 229 Å². The van der Waals surface area contributed by atoms with Crippen LogP contribution in [0.5, 0.6) is 0 Å². The Kier molecular flexibility index (Phi) is 8.14. The third-order valence-electron chi connectivity index (χ3n) is 5.44. The third-order valence-corrected chi connectivity index (χ3v) is 9.91. The summed E-state index contributed by atoms with van der Waals surface area (Å²) in [5.41, 5.74) is 0.842. The van der Waals surface area contributed by atoms with Crippen molar-refractivity contribution in [1.82, 2.24) is 20.4 Å². The van der Waals surface area contributed by atoms with Crippen LogP contribution in [0.3, 0.4) is 0 Å². The van der Waals surface area contributed by atoms with E-state index in [-0.39, 0.29) is 18.2 Å². The van der Waals surface area contributed by atoms with E-state index in [1.165, 1.54) is 39.8 Å². The van der Waals surface area contributed by atoms with Crippen LogP contribution in [0.2, 0.25) is 0 Å². The van der Waals surface area contributed by atoms with Gasteiger partial charge in [0.05, 0.1) is 11.2 Å². The zero-order chi connectivity index (χ0) is 25.4. The van der Waals surface area contributed by atoms with Gasteiger partial charge in [-0.25, -0.2) is 4.79 Å². The number of hydrogen-bond donors (Lipinski definition) is 1. The van der Waals surface area contributed by atoms with Crippen LogP contribution >= 0.6 is 69.7 Å². The number of ether oxygens (including phenoxy) is 1. The highest BCUT2D eigenvalue weighted by Crippen LogP contribution is 2.53. The van der Waals surface area contributed by atoms with Crippen molar-refractivity contribution in [3.05, 3.63) is 40.9 Å². The molecule has 4 rings (SSSR count). The van der Waals surface area contributed by atoms with Crippen LogP contribution in [0.15, 0.2) is 34.7 Å². The number of β-lactam (4-membered cyclic amide) rings is 1. The molecular weight excluding hydrogens is 575 g/mol. The highest BCUT2D eigenvalue weighted by atomic mass is 35.6. The van der Waals surface area contributed by atoms with Gasteiger partial charge in [-0.3, -0.25) is 9.59 Å². The largest absolute Gasteiger partial charge is 0.460 e. The number of nitrogens with one attached hydrogen (secondary N) is 1. The number of hydrogen-bond acceptors (Lipinski definition) is 9. The van der Waals surface area contributed by atoms with E-state index in [1.54, 1.807) is 0 Å². The molecule has 0 saturated carbocycles. The number of thioether (sulfide) groups is 2. The number of rotatable bonds is 8. The number of carbonyl (C=O) groups is 3. The van der Waals surface area contributed by atoms with Crippen molar-refractivity contribution in [2.75, 3.05) is 12.4 Å². The van der Waals surface area contributed by atoms with Crippen LogP contribution < -0.4 is 5.32 Å². The van der Waals surface area contributed by atoms with E-state index in [9.17, 15) is 14.4 Å². The van der Waals surface area contributed by atoms with Crippen LogP contribution in [-0.2, 0) is 25.5 Å². The van der Waals surface area contributed by atoms with Gasteiger partial charge in [0, 0.05) is 5.75 Å². The Morgan fingerprint density at radius 1 is 1.26 bits per heavy atom. The number of carbonyl (C=O) groups excluding carboxylic acids is 3. The second-order valence-corrected chi connectivity index (χ2v) is 14.8. The van der Waals surface area contributed by atoms with E-state index in [0.29, 0.717) is 5.75 Å². The molecule has 2 aliphatic rings. The van der Waals surface area contributed by atoms with Gasteiger partial charge in [0.25, 0.3) is 0 Å². The lowest BCUT2D eigenvalue weighted by Gasteiger charge is -2.44. The topological polar surface area (TPSA) is 101 Å². The minimum absolute atomic E-state index is 0.153. The standard InChI is InChI=1S/C21H21Cl3N4O4S3/c1-11-26-27-19(34-11)33-10-20(2)15(18(31)32-9-21(22,23)24)28-16(30)14(17(28)35-20)25-13(29)8-12-6-4-3-5-7-12/h3-7,14-15,17H,8-10H2,1-2H3,(H,25,29)/t14?,15?,17-,20?/m0/s1. The van der Waals surface area contributed by atoms with E-state index < -0.39 is 38.6 Å². The predicted octanol–water partition coefficient (Wildman–Crippen LogP) is 3.62. The first-order valence-corrected chi connectivity index (χ1v) is 14.3. The Bertz CT molecular complexity index is 1120. The van der Waals surface area contributed by atoms with E-state index >= 15 is 0 Å². The van der Waals surface area contributed by atoms with Crippen molar-refractivity contribution in [1.29, 1.82) is 0 Å². The molecule has 0 aliphatic carbocycles. The van der Waals surface area contributed by atoms with Crippen molar-refractivity contribution in [3.8, 4) is 0 Å². The van der Waals surface area contributed by atoms with Gasteiger partial charge in [0.1, 0.15) is 29.1 Å². The molecule has 1 aromatic heterocycles. The van der Waals surface area contributed by atoms with Crippen molar-refractivity contribution < 1.29 is 19.1 Å². The average Bonchev–Trinajstić information content (AvgIpc) is 3.34. The fourth-order valence-electron chi connectivity index (χ4n) is 3.91. The van der Waals surface area contributed by atoms with Crippen LogP contribution in [0.4, 0.5) is 0 Å². The molecule has 2 fully saturated rings. The van der Waals surface area contributed by atoms with Gasteiger partial charge in [-0.1, -0.05) is 88.2 Å². The number of amides is 2. The first-order valence-electron chi connectivity index (χ1n) is 10.5. The molecule has 2 aliphatic heterocycles. The van der Waals surface area contributed by atoms with Gasteiger partial charge in [-0.05, 0) is 19.4 Å². The highest BCUT2D eigenvalue weighted by molar-refractivity contribution is 8.05. The molecule has 1 aromatic carbocycles. The molecule has 8 nitrogen and oxygen atoms in total. The molecule has 0 spiro atoms. The Morgan fingerprint density at radius 3 is 2.60 bits per heavy atom. The Balaban J connectivity index is 1.49. The summed E-state index contributed by atoms with van der Waals surface area (Å²) in [6.45, 7) is 3.30. The molecule has 3 heterocycles. The van der Waals surface area contributed by atoms with E-state index in [2.05, 4.69) is 15.5 Å². The lowest BCUT2D eigenvalue weighted by Crippen LogP contribution is -2.71. The minimum atomic E-state index is -1.77. The summed E-state index contributed by atoms with van der Waals surface area (Å²) >= 11 is 21.6. The number of halogens is 3. The van der Waals surface area contributed by atoms with Gasteiger partial charge >= 0.3 is 5.97 Å². The molecule has 188 valence electrons. The quantitative estimate of drug-likeness (QED) is 0.214. The summed E-state index contributed by atoms with van der Waals surface area (Å²) in [5, 5.41) is 11.4. The van der Waals surface area contributed by atoms with Crippen molar-refractivity contribution in [2.45, 2.75) is 50.6 Å². The van der Waals surface area contributed by atoms with Gasteiger partial charge in [-0.15, -0.1) is 22.0 Å². The first kappa shape index (κ1) is 26.8. The molecule has 0 radical (unpaired) electrons. The number of aromatic nitrogens is 2. The number of fused-ring (bicyclic) bond motifs is 1. The molecule has 1 N–H and O–H groups in total. The Hall–Kier alpha value is -1.24. The number of nitrogens with zero attached hydrogens (tertiary/aromatic N) is 3. The summed E-state index contributed by atoms with van der Waals surface area (Å²) in [6, 6.07) is 7.60. The van der Waals surface area contributed by atoms with Crippen LogP contribution in [0.25, 0.3) is 0 Å². The second-order valence-electron chi connectivity index (χ2n) is 8.28. The molecule has 2 amide bonds. The monoisotopic (exact) mass is 594 g/mol. The molecule has 3 unspecified atom stereocenters. The average molecular weight is 596 g/mol. The summed E-state index contributed by atoms with van der Waals surface area (Å²) in [4.78, 5) is 40.3. The van der Waals surface area contributed by atoms with Gasteiger partial charge in [0.2, 0.25) is 15.6 Å². The maximum Gasteiger partial charge on any atom is 0.330 e. The van der Waals surface area contributed by atoms with Crippen molar-refractivity contribution in [2.24, 2.45) is 0 Å². The van der Waals surface area contributed by atoms with Crippen LogP contribution in [0.1, 0.15) is 17.5 Å². The SMILES string of the molecule is Cc1nnc(SCC2(C)S[C@H]3C(NC(=O)Cc4ccccc4)C(=O)N3C2C(=O)OCC(Cl)(Cl)Cl)s1. The number of alkyl halides is 3. The molecule has 2 aromatic rings. The van der Waals surface area contributed by atoms with Gasteiger partial charge in [0.15, 0.2) is 4.34 Å².